The molecule has 0 bridgehead atoms. The predicted molar refractivity (Wildman–Crippen MR) is 168 cm³/mol. The van der Waals surface area contributed by atoms with Gasteiger partial charge in [0, 0.05) is 62.9 Å². The average molecular weight is 635 g/mol. The number of hydrogen-bond donors (Lipinski definition) is 3. The number of hydrogen-bond acceptors (Lipinski definition) is 6. The molecule has 2 aromatic heterocycles. The first-order chi connectivity index (χ1) is 21.9. The third-order valence-electron chi connectivity index (χ3n) is 9.43. The molecule has 0 unspecified atom stereocenters. The molecule has 3 aliphatic rings. The predicted octanol–water partition coefficient (Wildman–Crippen LogP) is 6.08. The van der Waals surface area contributed by atoms with Gasteiger partial charge in [0.1, 0.15) is 22.7 Å². The monoisotopic (exact) mass is 634 g/mol. The number of amides is 2. The number of alkyl halides is 3. The minimum Gasteiger partial charge on any atom is -0.457 e. The standard InChI is InChI=1S/C34H37F3N6O3/c1-21-15-22-4-6-26(46-29-7-10-38-31-27(29)18-30(40-31)33(45)8-9-33)16-24(22)20-43(21)32(44)39-25-5-3-23(28(17-25)34(35,36)37)19-42-13-11-41(2)12-14-42/h3-7,10,16-18,21,45H,8-9,11-15,19-20H2,1-2H3,(H,38,40)(H,39,44)/t21-/m1/s1. The third kappa shape index (κ3) is 6.16. The number of benzene rings is 2. The minimum absolute atomic E-state index is 0.109. The molecule has 0 spiro atoms. The Bertz CT molecular complexity index is 1780. The van der Waals surface area contributed by atoms with Gasteiger partial charge in [-0.2, -0.15) is 13.2 Å². The Morgan fingerprint density at radius 3 is 2.61 bits per heavy atom. The Kier molecular flexibility index (Phi) is 7.69. The van der Waals surface area contributed by atoms with Gasteiger partial charge >= 0.3 is 12.2 Å². The van der Waals surface area contributed by atoms with Crippen LogP contribution in [-0.4, -0.2) is 75.1 Å². The molecule has 1 atom stereocenters. The van der Waals surface area contributed by atoms with Gasteiger partial charge in [-0.3, -0.25) is 4.90 Å². The van der Waals surface area contributed by atoms with Gasteiger partial charge in [0.05, 0.1) is 10.9 Å². The quantitative estimate of drug-likeness (QED) is 0.238. The van der Waals surface area contributed by atoms with E-state index in [4.69, 9.17) is 4.74 Å². The summed E-state index contributed by atoms with van der Waals surface area (Å²) in [6.07, 6.45) is -0.898. The van der Waals surface area contributed by atoms with Gasteiger partial charge in [-0.05, 0) is 86.3 Å². The van der Waals surface area contributed by atoms with Gasteiger partial charge in [0.15, 0.2) is 0 Å². The number of rotatable bonds is 6. The Hall–Kier alpha value is -4.13. The van der Waals surface area contributed by atoms with Gasteiger partial charge in [-0.25, -0.2) is 9.78 Å². The van der Waals surface area contributed by atoms with Gasteiger partial charge in [0.2, 0.25) is 0 Å². The van der Waals surface area contributed by atoms with E-state index >= 15 is 0 Å². The number of piperazine rings is 1. The van der Waals surface area contributed by atoms with Crippen molar-refractivity contribution in [2.75, 3.05) is 38.5 Å². The minimum atomic E-state index is -4.55. The van der Waals surface area contributed by atoms with Crippen LogP contribution in [0.4, 0.5) is 23.7 Å². The fourth-order valence-electron chi connectivity index (χ4n) is 6.41. The molecule has 3 N–H and O–H groups in total. The Morgan fingerprint density at radius 2 is 1.87 bits per heavy atom. The summed E-state index contributed by atoms with van der Waals surface area (Å²) >= 11 is 0. The molecule has 0 radical (unpaired) electrons. The number of nitrogens with one attached hydrogen (secondary N) is 2. The average Bonchev–Trinajstić information content (AvgIpc) is 3.60. The first-order valence-electron chi connectivity index (χ1n) is 15.6. The first kappa shape index (κ1) is 30.5. The van der Waals surface area contributed by atoms with Crippen molar-refractivity contribution in [2.45, 2.75) is 57.1 Å². The van der Waals surface area contributed by atoms with Crippen LogP contribution >= 0.6 is 0 Å². The van der Waals surface area contributed by atoms with Crippen molar-refractivity contribution in [3.8, 4) is 11.5 Å². The fraction of sp³-hybridized carbons (Fsp3) is 0.412. The zero-order valence-electron chi connectivity index (χ0n) is 25.8. The number of ether oxygens (including phenoxy) is 1. The van der Waals surface area contributed by atoms with E-state index in [9.17, 15) is 23.1 Å². The summed E-state index contributed by atoms with van der Waals surface area (Å²) in [5, 5.41) is 14.0. The number of aromatic nitrogens is 2. The number of aliphatic hydroxyl groups is 1. The molecule has 46 heavy (non-hydrogen) atoms. The highest BCUT2D eigenvalue weighted by atomic mass is 19.4. The molecule has 2 aromatic carbocycles. The summed E-state index contributed by atoms with van der Waals surface area (Å²) in [5.41, 5.74) is 2.09. The van der Waals surface area contributed by atoms with Crippen molar-refractivity contribution in [1.29, 1.82) is 0 Å². The van der Waals surface area contributed by atoms with Crippen LogP contribution in [-0.2, 0) is 31.3 Å². The molecule has 1 saturated heterocycles. The summed E-state index contributed by atoms with van der Waals surface area (Å²) in [4.78, 5) is 26.8. The Morgan fingerprint density at radius 1 is 1.09 bits per heavy atom. The zero-order valence-corrected chi connectivity index (χ0v) is 25.8. The van der Waals surface area contributed by atoms with Gasteiger partial charge in [-0.15, -0.1) is 0 Å². The smallest absolute Gasteiger partial charge is 0.416 e. The summed E-state index contributed by atoms with van der Waals surface area (Å²) in [6.45, 7) is 5.45. The zero-order chi connectivity index (χ0) is 32.2. The SMILES string of the molecule is C[C@@H]1Cc2ccc(Oc3ccnc4[nH]c(C5(O)CC5)cc34)cc2CN1C(=O)Nc1ccc(CN2CCN(C)CC2)c(C(F)(F)F)c1. The molecular formula is C34H37F3N6O3. The van der Waals surface area contributed by atoms with E-state index in [-0.39, 0.29) is 30.4 Å². The summed E-state index contributed by atoms with van der Waals surface area (Å²) in [5.74, 6) is 1.17. The Balaban J connectivity index is 1.06. The molecule has 12 heteroatoms. The summed E-state index contributed by atoms with van der Waals surface area (Å²) in [6, 6.07) is 12.9. The molecule has 2 aliphatic heterocycles. The van der Waals surface area contributed by atoms with Crippen LogP contribution in [0.15, 0.2) is 54.7 Å². The molecule has 1 saturated carbocycles. The number of carbonyl (C=O) groups excluding carboxylic acids is 1. The van der Waals surface area contributed by atoms with Gasteiger partial charge in [-0.1, -0.05) is 12.1 Å². The van der Waals surface area contributed by atoms with Crippen molar-refractivity contribution < 1.29 is 27.8 Å². The summed E-state index contributed by atoms with van der Waals surface area (Å²) in [7, 11) is 2.00. The molecule has 9 nitrogen and oxygen atoms in total. The molecular weight excluding hydrogens is 597 g/mol. The maximum Gasteiger partial charge on any atom is 0.416 e. The number of fused-ring (bicyclic) bond motifs is 2. The van der Waals surface area contributed by atoms with E-state index in [2.05, 4.69) is 20.2 Å². The lowest BCUT2D eigenvalue weighted by molar-refractivity contribution is -0.138. The number of likely N-dealkylation sites (N-methyl/N-ethyl adjacent to an activating group) is 1. The van der Waals surface area contributed by atoms with E-state index in [1.165, 1.54) is 6.07 Å². The molecule has 242 valence electrons. The van der Waals surface area contributed by atoms with E-state index in [1.54, 1.807) is 23.2 Å². The largest absolute Gasteiger partial charge is 0.457 e. The lowest BCUT2D eigenvalue weighted by Gasteiger charge is -2.35. The van der Waals surface area contributed by atoms with E-state index < -0.39 is 23.4 Å². The third-order valence-corrected chi connectivity index (χ3v) is 9.43. The van der Waals surface area contributed by atoms with Gasteiger partial charge < -0.3 is 29.9 Å². The second kappa shape index (κ2) is 11.6. The van der Waals surface area contributed by atoms with Crippen molar-refractivity contribution >= 4 is 22.8 Å². The second-order valence-corrected chi connectivity index (χ2v) is 12.9. The topological polar surface area (TPSA) is 97.0 Å². The maximum atomic E-state index is 14.1. The van der Waals surface area contributed by atoms with Crippen LogP contribution < -0.4 is 10.1 Å². The lowest BCUT2D eigenvalue weighted by Crippen LogP contribution is -2.44. The number of H-pyrrole nitrogens is 1. The van der Waals surface area contributed by atoms with Crippen LogP contribution in [0.3, 0.4) is 0 Å². The fourth-order valence-corrected chi connectivity index (χ4v) is 6.41. The molecule has 1 aliphatic carbocycles. The highest BCUT2D eigenvalue weighted by molar-refractivity contribution is 5.90. The summed E-state index contributed by atoms with van der Waals surface area (Å²) < 4.78 is 48.6. The van der Waals surface area contributed by atoms with Crippen LogP contribution in [0.25, 0.3) is 11.0 Å². The molecule has 4 aromatic rings. The highest BCUT2D eigenvalue weighted by Crippen LogP contribution is 2.46. The van der Waals surface area contributed by atoms with E-state index in [1.807, 2.05) is 43.1 Å². The molecule has 4 heterocycles. The second-order valence-electron chi connectivity index (χ2n) is 12.9. The van der Waals surface area contributed by atoms with Crippen molar-refractivity contribution in [3.63, 3.8) is 0 Å². The highest BCUT2D eigenvalue weighted by Gasteiger charge is 2.43. The number of carbonyl (C=O) groups is 1. The number of nitrogens with zero attached hydrogens (tertiary/aromatic N) is 4. The van der Waals surface area contributed by atoms with Crippen molar-refractivity contribution in [3.05, 3.63) is 82.7 Å². The van der Waals surface area contributed by atoms with Crippen LogP contribution in [0.1, 0.15) is 47.7 Å². The number of urea groups is 1. The van der Waals surface area contributed by atoms with Gasteiger partial charge in [0.25, 0.3) is 0 Å². The number of pyridine rings is 1. The van der Waals surface area contributed by atoms with E-state index in [0.29, 0.717) is 49.5 Å². The van der Waals surface area contributed by atoms with Crippen molar-refractivity contribution in [1.82, 2.24) is 24.7 Å². The van der Waals surface area contributed by atoms with E-state index in [0.717, 1.165) is 41.4 Å². The first-order valence-corrected chi connectivity index (χ1v) is 15.6. The Labute approximate surface area is 265 Å². The van der Waals surface area contributed by atoms with Crippen LogP contribution in [0.5, 0.6) is 11.5 Å². The van der Waals surface area contributed by atoms with Crippen LogP contribution in [0, 0.1) is 0 Å². The number of anilines is 1. The lowest BCUT2D eigenvalue weighted by atomic mass is 9.95. The number of aromatic amines is 1. The van der Waals surface area contributed by atoms with Crippen molar-refractivity contribution in [2.24, 2.45) is 0 Å². The maximum absolute atomic E-state index is 14.1. The molecule has 7 rings (SSSR count). The molecule has 2 fully saturated rings. The molecule has 2 amide bonds. The number of halogens is 3. The normalized spacial score (nSPS) is 20.0. The van der Waals surface area contributed by atoms with Crippen LogP contribution in [0.2, 0.25) is 0 Å².